The van der Waals surface area contributed by atoms with Gasteiger partial charge in [0.05, 0.1) is 11.4 Å². The van der Waals surface area contributed by atoms with Crippen molar-refractivity contribution in [2.45, 2.75) is 32.2 Å². The number of rotatable bonds is 3. The molecular formula is C18H25N5OS. The van der Waals surface area contributed by atoms with Gasteiger partial charge in [0.15, 0.2) is 0 Å². The van der Waals surface area contributed by atoms with E-state index in [-0.39, 0.29) is 6.04 Å². The van der Waals surface area contributed by atoms with Gasteiger partial charge >= 0.3 is 0 Å². The van der Waals surface area contributed by atoms with E-state index in [1.165, 1.54) is 0 Å². The van der Waals surface area contributed by atoms with Crippen LogP contribution in [0.5, 0.6) is 0 Å². The van der Waals surface area contributed by atoms with E-state index in [0.717, 1.165) is 73.8 Å². The SMILES string of the molecule is CCc1nc(N2CCN(C(=O)C3CCCN3C)CC2)c2ccsc2n1. The molecule has 0 radical (unpaired) electrons. The van der Waals surface area contributed by atoms with Gasteiger partial charge in [-0.2, -0.15) is 0 Å². The van der Waals surface area contributed by atoms with Crippen LogP contribution in [0.15, 0.2) is 11.4 Å². The molecule has 0 bridgehead atoms. The molecule has 2 aromatic rings. The van der Waals surface area contributed by atoms with Crippen molar-refractivity contribution in [3.05, 3.63) is 17.3 Å². The van der Waals surface area contributed by atoms with E-state index in [1.807, 2.05) is 4.90 Å². The largest absolute Gasteiger partial charge is 0.352 e. The molecule has 134 valence electrons. The average Bonchev–Trinajstić information content (AvgIpc) is 3.29. The van der Waals surface area contributed by atoms with E-state index in [9.17, 15) is 4.79 Å². The van der Waals surface area contributed by atoms with Crippen LogP contribution in [0.2, 0.25) is 0 Å². The Morgan fingerprint density at radius 1 is 1.24 bits per heavy atom. The van der Waals surface area contributed by atoms with Crippen molar-refractivity contribution in [3.8, 4) is 0 Å². The molecule has 1 unspecified atom stereocenters. The molecule has 4 rings (SSSR count). The number of aryl methyl sites for hydroxylation is 1. The highest BCUT2D eigenvalue weighted by Gasteiger charge is 2.33. The minimum absolute atomic E-state index is 0.0841. The van der Waals surface area contributed by atoms with Gasteiger partial charge in [-0.15, -0.1) is 11.3 Å². The highest BCUT2D eigenvalue weighted by molar-refractivity contribution is 7.16. The molecule has 2 aliphatic rings. The first kappa shape index (κ1) is 16.7. The number of amides is 1. The first-order valence-electron chi connectivity index (χ1n) is 9.15. The van der Waals surface area contributed by atoms with Crippen LogP contribution in [0.4, 0.5) is 5.82 Å². The van der Waals surface area contributed by atoms with E-state index in [2.05, 4.69) is 40.2 Å². The van der Waals surface area contributed by atoms with Crippen molar-refractivity contribution in [1.29, 1.82) is 0 Å². The maximum absolute atomic E-state index is 12.8. The van der Waals surface area contributed by atoms with Gasteiger partial charge in [0.1, 0.15) is 16.5 Å². The minimum atomic E-state index is 0.0841. The Kier molecular flexibility index (Phi) is 4.60. The summed E-state index contributed by atoms with van der Waals surface area (Å²) in [6.07, 6.45) is 2.97. The molecule has 0 aliphatic carbocycles. The maximum atomic E-state index is 12.8. The summed E-state index contributed by atoms with van der Waals surface area (Å²) in [4.78, 5) is 29.8. The molecule has 2 fully saturated rings. The number of nitrogens with zero attached hydrogens (tertiary/aromatic N) is 5. The first-order chi connectivity index (χ1) is 12.2. The van der Waals surface area contributed by atoms with E-state index in [1.54, 1.807) is 11.3 Å². The molecule has 2 saturated heterocycles. The number of hydrogen-bond donors (Lipinski definition) is 0. The van der Waals surface area contributed by atoms with Gasteiger partial charge in [0, 0.05) is 32.6 Å². The molecule has 1 atom stereocenters. The van der Waals surface area contributed by atoms with Crippen molar-refractivity contribution in [1.82, 2.24) is 19.8 Å². The van der Waals surface area contributed by atoms with Gasteiger partial charge in [-0.05, 0) is 37.9 Å². The number of likely N-dealkylation sites (N-methyl/N-ethyl adjacent to an activating group) is 1. The van der Waals surface area contributed by atoms with Crippen LogP contribution in [0.1, 0.15) is 25.6 Å². The van der Waals surface area contributed by atoms with E-state index >= 15 is 0 Å². The molecule has 6 nitrogen and oxygen atoms in total. The summed E-state index contributed by atoms with van der Waals surface area (Å²) in [5, 5.41) is 3.22. The lowest BCUT2D eigenvalue weighted by Gasteiger charge is -2.37. The molecule has 4 heterocycles. The highest BCUT2D eigenvalue weighted by atomic mass is 32.1. The molecule has 0 spiro atoms. The molecule has 0 saturated carbocycles. The number of thiophene rings is 1. The summed E-state index contributed by atoms with van der Waals surface area (Å²) in [7, 11) is 2.06. The summed E-state index contributed by atoms with van der Waals surface area (Å²) in [5.74, 6) is 2.24. The van der Waals surface area contributed by atoms with Crippen molar-refractivity contribution < 1.29 is 4.79 Å². The fourth-order valence-electron chi connectivity index (χ4n) is 3.85. The zero-order chi connectivity index (χ0) is 17.4. The highest BCUT2D eigenvalue weighted by Crippen LogP contribution is 2.29. The molecule has 25 heavy (non-hydrogen) atoms. The number of carbonyl (C=O) groups is 1. The zero-order valence-electron chi connectivity index (χ0n) is 14.9. The van der Waals surface area contributed by atoms with Gasteiger partial charge in [-0.25, -0.2) is 9.97 Å². The lowest BCUT2D eigenvalue weighted by atomic mass is 10.1. The van der Waals surface area contributed by atoms with Gasteiger partial charge in [0.2, 0.25) is 5.91 Å². The number of hydrogen-bond acceptors (Lipinski definition) is 6. The van der Waals surface area contributed by atoms with Crippen LogP contribution < -0.4 is 4.90 Å². The Hall–Kier alpha value is -1.73. The summed E-state index contributed by atoms with van der Waals surface area (Å²) in [6, 6.07) is 2.20. The number of anilines is 1. The predicted molar refractivity (Wildman–Crippen MR) is 101 cm³/mol. The van der Waals surface area contributed by atoms with Crippen molar-refractivity contribution in [2.75, 3.05) is 44.7 Å². The Bertz CT molecular complexity index is 768. The predicted octanol–water partition coefficient (Wildman–Crippen LogP) is 2.00. The third kappa shape index (κ3) is 3.11. The number of piperazine rings is 1. The fraction of sp³-hybridized carbons (Fsp3) is 0.611. The number of fused-ring (bicyclic) bond motifs is 1. The molecule has 0 aromatic carbocycles. The van der Waals surface area contributed by atoms with E-state index in [0.29, 0.717) is 5.91 Å². The van der Waals surface area contributed by atoms with Crippen LogP contribution in [0.25, 0.3) is 10.2 Å². The Labute approximate surface area is 152 Å². The van der Waals surface area contributed by atoms with Crippen LogP contribution in [-0.4, -0.2) is 71.5 Å². The summed E-state index contributed by atoms with van der Waals surface area (Å²) in [5.41, 5.74) is 0. The van der Waals surface area contributed by atoms with Crippen molar-refractivity contribution >= 4 is 33.3 Å². The minimum Gasteiger partial charge on any atom is -0.352 e. The second-order valence-electron chi connectivity index (χ2n) is 6.91. The second-order valence-corrected chi connectivity index (χ2v) is 7.80. The van der Waals surface area contributed by atoms with Crippen LogP contribution in [0, 0.1) is 0 Å². The second kappa shape index (κ2) is 6.88. The average molecular weight is 359 g/mol. The van der Waals surface area contributed by atoms with Gasteiger partial charge in [-0.3, -0.25) is 9.69 Å². The molecule has 7 heteroatoms. The Morgan fingerprint density at radius 2 is 2.04 bits per heavy atom. The number of carbonyl (C=O) groups excluding carboxylic acids is 1. The van der Waals surface area contributed by atoms with Gasteiger partial charge in [-0.1, -0.05) is 6.92 Å². The maximum Gasteiger partial charge on any atom is 0.240 e. The third-order valence-electron chi connectivity index (χ3n) is 5.36. The monoisotopic (exact) mass is 359 g/mol. The molecule has 0 N–H and O–H groups in total. The number of likely N-dealkylation sites (tertiary alicyclic amines) is 1. The van der Waals surface area contributed by atoms with Crippen molar-refractivity contribution in [3.63, 3.8) is 0 Å². The van der Waals surface area contributed by atoms with E-state index in [4.69, 9.17) is 4.98 Å². The smallest absolute Gasteiger partial charge is 0.240 e. The fourth-order valence-corrected chi connectivity index (χ4v) is 4.63. The van der Waals surface area contributed by atoms with Crippen LogP contribution >= 0.6 is 11.3 Å². The zero-order valence-corrected chi connectivity index (χ0v) is 15.8. The quantitative estimate of drug-likeness (QED) is 0.839. The van der Waals surface area contributed by atoms with Crippen molar-refractivity contribution in [2.24, 2.45) is 0 Å². The number of aromatic nitrogens is 2. The molecule has 2 aromatic heterocycles. The molecule has 1 amide bonds. The normalized spacial score (nSPS) is 22.1. The van der Waals surface area contributed by atoms with Gasteiger partial charge < -0.3 is 9.80 Å². The van der Waals surface area contributed by atoms with Crippen LogP contribution in [-0.2, 0) is 11.2 Å². The Morgan fingerprint density at radius 3 is 2.72 bits per heavy atom. The first-order valence-corrected chi connectivity index (χ1v) is 10.0. The molecule has 2 aliphatic heterocycles. The summed E-state index contributed by atoms with van der Waals surface area (Å²) < 4.78 is 0. The van der Waals surface area contributed by atoms with E-state index < -0.39 is 0 Å². The lowest BCUT2D eigenvalue weighted by Crippen LogP contribution is -2.53. The standard InChI is InChI=1S/C18H25N5OS/c1-3-15-19-16(13-6-12-25-17(13)20-15)22-8-10-23(11-9-22)18(24)14-5-4-7-21(14)2/h6,12,14H,3-5,7-11H2,1-2H3. The van der Waals surface area contributed by atoms with Gasteiger partial charge in [0.25, 0.3) is 0 Å². The Balaban J connectivity index is 1.49. The summed E-state index contributed by atoms with van der Waals surface area (Å²) in [6.45, 7) is 6.36. The lowest BCUT2D eigenvalue weighted by molar-refractivity contribution is -0.135. The third-order valence-corrected chi connectivity index (χ3v) is 6.17. The topological polar surface area (TPSA) is 52.6 Å². The van der Waals surface area contributed by atoms with Crippen LogP contribution in [0.3, 0.4) is 0 Å². The summed E-state index contributed by atoms with van der Waals surface area (Å²) >= 11 is 1.67. The molecular weight excluding hydrogens is 334 g/mol.